The van der Waals surface area contributed by atoms with Crippen LogP contribution in [0.15, 0.2) is 23.1 Å². The Morgan fingerprint density at radius 2 is 2.11 bits per heavy atom. The van der Waals surface area contributed by atoms with Gasteiger partial charge in [-0.1, -0.05) is 0 Å². The minimum absolute atomic E-state index is 0.0652. The fourth-order valence-corrected chi connectivity index (χ4v) is 2.93. The van der Waals surface area contributed by atoms with Crippen LogP contribution < -0.4 is 20.9 Å². The lowest BCUT2D eigenvalue weighted by atomic mass is 10.2. The predicted octanol–water partition coefficient (Wildman–Crippen LogP) is -0.180. The first-order valence-corrected chi connectivity index (χ1v) is 6.98. The molecule has 106 valence electrons. The highest BCUT2D eigenvalue weighted by Gasteiger charge is 2.21. The van der Waals surface area contributed by atoms with E-state index in [1.165, 1.54) is 25.3 Å². The van der Waals surface area contributed by atoms with E-state index in [-0.39, 0.29) is 17.0 Å². The summed E-state index contributed by atoms with van der Waals surface area (Å²) in [6, 6.07) is 3.63. The van der Waals surface area contributed by atoms with Crippen molar-refractivity contribution in [2.75, 3.05) is 12.8 Å². The number of sulfonamides is 1. The Balaban J connectivity index is 2.97. The van der Waals surface area contributed by atoms with Gasteiger partial charge >= 0.3 is 0 Å². The number of nitrogens with one attached hydrogen (secondary N) is 1. The molecule has 5 N–H and O–H groups in total. The molecule has 7 nitrogen and oxygen atoms in total. The van der Waals surface area contributed by atoms with Gasteiger partial charge in [0, 0.05) is 18.5 Å². The van der Waals surface area contributed by atoms with Crippen LogP contribution in [-0.4, -0.2) is 27.5 Å². The quantitative estimate of drug-likeness (QED) is 0.626. The van der Waals surface area contributed by atoms with Crippen molar-refractivity contribution in [2.45, 2.75) is 24.3 Å². The number of carbonyl (C=O) groups is 1. The maximum Gasteiger partial charge on any atom is 0.242 e. The van der Waals surface area contributed by atoms with Gasteiger partial charge < -0.3 is 16.2 Å². The molecule has 0 bridgehead atoms. The first-order chi connectivity index (χ1) is 8.76. The Morgan fingerprint density at radius 1 is 1.47 bits per heavy atom. The van der Waals surface area contributed by atoms with Gasteiger partial charge in [0.05, 0.1) is 12.8 Å². The maximum atomic E-state index is 12.1. The summed E-state index contributed by atoms with van der Waals surface area (Å²) >= 11 is 0. The highest BCUT2D eigenvalue weighted by Crippen LogP contribution is 2.23. The van der Waals surface area contributed by atoms with Crippen molar-refractivity contribution in [3.8, 4) is 5.75 Å². The zero-order valence-electron chi connectivity index (χ0n) is 10.7. The Kier molecular flexibility index (Phi) is 4.73. The first kappa shape index (κ1) is 15.3. The number of hydrogen-bond donors (Lipinski definition) is 3. The van der Waals surface area contributed by atoms with Crippen LogP contribution in [0.4, 0.5) is 5.69 Å². The molecule has 1 aromatic carbocycles. The summed E-state index contributed by atoms with van der Waals surface area (Å²) in [4.78, 5) is 10.7. The molecule has 1 unspecified atom stereocenters. The molecule has 0 aliphatic carbocycles. The van der Waals surface area contributed by atoms with E-state index in [1.807, 2.05) is 0 Å². The van der Waals surface area contributed by atoms with E-state index in [4.69, 9.17) is 16.2 Å². The molecule has 0 radical (unpaired) electrons. The molecule has 1 aromatic rings. The smallest absolute Gasteiger partial charge is 0.242 e. The van der Waals surface area contributed by atoms with Crippen LogP contribution in [0.5, 0.6) is 5.75 Å². The summed E-state index contributed by atoms with van der Waals surface area (Å²) in [5.41, 5.74) is 10.7. The largest absolute Gasteiger partial charge is 0.497 e. The number of benzene rings is 1. The number of nitrogen functional groups attached to an aromatic ring is 1. The molecule has 1 rings (SSSR count). The standard InChI is InChI=1S/C11H17N3O4S/c1-7(5-11(13)15)14-19(16,17)10-4-3-8(18-2)6-9(10)12/h3-4,6-7,14H,5,12H2,1-2H3,(H2,13,15). The summed E-state index contributed by atoms with van der Waals surface area (Å²) in [5, 5.41) is 0. The lowest BCUT2D eigenvalue weighted by Gasteiger charge is -2.14. The lowest BCUT2D eigenvalue weighted by molar-refractivity contribution is -0.118. The van der Waals surface area contributed by atoms with Crippen molar-refractivity contribution < 1.29 is 17.9 Å². The minimum atomic E-state index is -3.80. The van der Waals surface area contributed by atoms with Crippen LogP contribution in [0.3, 0.4) is 0 Å². The second kappa shape index (κ2) is 5.89. The van der Waals surface area contributed by atoms with E-state index >= 15 is 0 Å². The molecular weight excluding hydrogens is 270 g/mol. The van der Waals surface area contributed by atoms with E-state index in [9.17, 15) is 13.2 Å². The number of amides is 1. The van der Waals surface area contributed by atoms with Crippen molar-refractivity contribution >= 4 is 21.6 Å². The molecule has 19 heavy (non-hydrogen) atoms. The molecule has 0 heterocycles. The molecule has 0 aliphatic rings. The third-order valence-electron chi connectivity index (χ3n) is 2.37. The molecular formula is C11H17N3O4S. The average molecular weight is 287 g/mol. The zero-order valence-corrected chi connectivity index (χ0v) is 11.5. The zero-order chi connectivity index (χ0) is 14.6. The van der Waals surface area contributed by atoms with Gasteiger partial charge in [-0.25, -0.2) is 13.1 Å². The van der Waals surface area contributed by atoms with Crippen LogP contribution >= 0.6 is 0 Å². The maximum absolute atomic E-state index is 12.1. The monoisotopic (exact) mass is 287 g/mol. The number of nitrogens with two attached hydrogens (primary N) is 2. The molecule has 0 saturated carbocycles. The molecule has 0 aliphatic heterocycles. The topological polar surface area (TPSA) is 125 Å². The summed E-state index contributed by atoms with van der Waals surface area (Å²) in [5.74, 6) is -0.125. The Bertz CT molecular complexity index is 571. The summed E-state index contributed by atoms with van der Waals surface area (Å²) in [6.07, 6.45) is -0.0880. The van der Waals surface area contributed by atoms with Crippen molar-refractivity contribution in [2.24, 2.45) is 5.73 Å². The first-order valence-electron chi connectivity index (χ1n) is 5.50. The van der Waals surface area contributed by atoms with E-state index < -0.39 is 22.0 Å². The number of methoxy groups -OCH3 is 1. The van der Waals surface area contributed by atoms with Crippen LogP contribution in [0.1, 0.15) is 13.3 Å². The highest BCUT2D eigenvalue weighted by atomic mass is 32.2. The third-order valence-corrected chi connectivity index (χ3v) is 4.03. The number of hydrogen-bond acceptors (Lipinski definition) is 5. The molecule has 1 amide bonds. The van der Waals surface area contributed by atoms with Crippen molar-refractivity contribution in [1.82, 2.24) is 4.72 Å². The second-order valence-corrected chi connectivity index (χ2v) is 5.78. The highest BCUT2D eigenvalue weighted by molar-refractivity contribution is 7.89. The number of ether oxygens (including phenoxy) is 1. The van der Waals surface area contributed by atoms with Crippen molar-refractivity contribution in [3.63, 3.8) is 0 Å². The van der Waals surface area contributed by atoms with Crippen LogP contribution in [0.2, 0.25) is 0 Å². The lowest BCUT2D eigenvalue weighted by Crippen LogP contribution is -2.36. The molecule has 0 aromatic heterocycles. The predicted molar refractivity (Wildman–Crippen MR) is 71.0 cm³/mol. The number of rotatable bonds is 6. The normalized spacial score (nSPS) is 12.9. The number of anilines is 1. The van der Waals surface area contributed by atoms with Gasteiger partial charge in [-0.2, -0.15) is 0 Å². The molecule has 0 saturated heterocycles. The Labute approximate surface area is 112 Å². The summed E-state index contributed by atoms with van der Waals surface area (Å²) in [6.45, 7) is 1.54. The minimum Gasteiger partial charge on any atom is -0.497 e. The van der Waals surface area contributed by atoms with Crippen LogP contribution in [0.25, 0.3) is 0 Å². The van der Waals surface area contributed by atoms with Crippen molar-refractivity contribution in [3.05, 3.63) is 18.2 Å². The van der Waals surface area contributed by atoms with E-state index in [0.717, 1.165) is 0 Å². The molecule has 0 spiro atoms. The van der Waals surface area contributed by atoms with E-state index in [1.54, 1.807) is 6.92 Å². The second-order valence-electron chi connectivity index (χ2n) is 4.10. The van der Waals surface area contributed by atoms with Gasteiger partial charge in [0.1, 0.15) is 10.6 Å². The van der Waals surface area contributed by atoms with E-state index in [0.29, 0.717) is 5.75 Å². The van der Waals surface area contributed by atoms with Crippen LogP contribution in [0, 0.1) is 0 Å². The van der Waals surface area contributed by atoms with E-state index in [2.05, 4.69) is 4.72 Å². The SMILES string of the molecule is COc1ccc(S(=O)(=O)NC(C)CC(N)=O)c(N)c1. The number of primary amides is 1. The Hall–Kier alpha value is -1.80. The third kappa shape index (κ3) is 4.11. The molecule has 1 atom stereocenters. The summed E-state index contributed by atoms with van der Waals surface area (Å²) < 4.78 is 31.4. The fourth-order valence-electron chi connectivity index (χ4n) is 1.57. The van der Waals surface area contributed by atoms with Gasteiger partial charge in [-0.05, 0) is 19.1 Å². The van der Waals surface area contributed by atoms with Gasteiger partial charge in [0.2, 0.25) is 15.9 Å². The van der Waals surface area contributed by atoms with Gasteiger partial charge in [0.25, 0.3) is 0 Å². The van der Waals surface area contributed by atoms with Gasteiger partial charge in [-0.3, -0.25) is 4.79 Å². The van der Waals surface area contributed by atoms with Gasteiger partial charge in [-0.15, -0.1) is 0 Å². The van der Waals surface area contributed by atoms with Crippen LogP contribution in [-0.2, 0) is 14.8 Å². The van der Waals surface area contributed by atoms with Gasteiger partial charge in [0.15, 0.2) is 0 Å². The molecule has 0 fully saturated rings. The molecule has 8 heteroatoms. The van der Waals surface area contributed by atoms with Crippen molar-refractivity contribution in [1.29, 1.82) is 0 Å². The Morgan fingerprint density at radius 3 is 2.58 bits per heavy atom. The summed E-state index contributed by atoms with van der Waals surface area (Å²) in [7, 11) is -2.34. The fraction of sp³-hybridized carbons (Fsp3) is 0.364. The number of carbonyl (C=O) groups excluding carboxylic acids is 1. The average Bonchev–Trinajstić information content (AvgIpc) is 2.26.